The maximum Gasteiger partial charge on any atom is 0.164 e. The summed E-state index contributed by atoms with van der Waals surface area (Å²) in [4.78, 5) is 0. The summed E-state index contributed by atoms with van der Waals surface area (Å²) in [7, 11) is 5.05. The number of hydrogen-bond donors (Lipinski definition) is 0. The minimum absolute atomic E-state index is 0.0951. The second kappa shape index (κ2) is 5.19. The number of ether oxygens (including phenoxy) is 3. The summed E-state index contributed by atoms with van der Waals surface area (Å²) in [5.74, 6) is 2.37. The van der Waals surface area contributed by atoms with Gasteiger partial charge in [0.15, 0.2) is 11.5 Å². The standard InChI is InChI=1S/C17H26O3/c1-16(2)8-7-9-17(16,3)12-10-14(19-5)15(20-6)11-13(12)18-4/h10-11H,7-9H2,1-6H3/t17-/m1/s1. The quantitative estimate of drug-likeness (QED) is 0.827. The van der Waals surface area contributed by atoms with Crippen molar-refractivity contribution < 1.29 is 14.2 Å². The highest BCUT2D eigenvalue weighted by Gasteiger charge is 2.47. The summed E-state index contributed by atoms with van der Waals surface area (Å²) in [5, 5.41) is 0. The summed E-state index contributed by atoms with van der Waals surface area (Å²) >= 11 is 0. The average molecular weight is 278 g/mol. The van der Waals surface area contributed by atoms with E-state index in [-0.39, 0.29) is 10.8 Å². The van der Waals surface area contributed by atoms with Gasteiger partial charge in [-0.25, -0.2) is 0 Å². The Hall–Kier alpha value is -1.38. The Bertz CT molecular complexity index is 493. The van der Waals surface area contributed by atoms with Gasteiger partial charge in [-0.2, -0.15) is 0 Å². The predicted molar refractivity (Wildman–Crippen MR) is 81.1 cm³/mol. The van der Waals surface area contributed by atoms with Crippen molar-refractivity contribution in [3.05, 3.63) is 17.7 Å². The molecular formula is C17H26O3. The zero-order valence-corrected chi connectivity index (χ0v) is 13.5. The molecule has 3 heteroatoms. The van der Waals surface area contributed by atoms with E-state index >= 15 is 0 Å². The van der Waals surface area contributed by atoms with Crippen LogP contribution in [-0.2, 0) is 5.41 Å². The summed E-state index contributed by atoms with van der Waals surface area (Å²) in [6, 6.07) is 4.03. The van der Waals surface area contributed by atoms with Gasteiger partial charge in [-0.05, 0) is 24.3 Å². The van der Waals surface area contributed by atoms with E-state index in [0.717, 1.165) is 11.5 Å². The van der Waals surface area contributed by atoms with Crippen molar-refractivity contribution >= 4 is 0 Å². The Morgan fingerprint density at radius 1 is 0.800 bits per heavy atom. The van der Waals surface area contributed by atoms with Crippen LogP contribution in [0.2, 0.25) is 0 Å². The van der Waals surface area contributed by atoms with E-state index < -0.39 is 0 Å². The molecule has 0 radical (unpaired) electrons. The van der Waals surface area contributed by atoms with Gasteiger partial charge in [0.1, 0.15) is 5.75 Å². The van der Waals surface area contributed by atoms with Gasteiger partial charge >= 0.3 is 0 Å². The van der Waals surface area contributed by atoms with E-state index in [2.05, 4.69) is 26.8 Å². The molecule has 0 saturated heterocycles. The van der Waals surface area contributed by atoms with Crippen LogP contribution in [0.3, 0.4) is 0 Å². The molecule has 0 amide bonds. The maximum absolute atomic E-state index is 5.62. The first-order valence-electron chi connectivity index (χ1n) is 7.20. The van der Waals surface area contributed by atoms with E-state index in [9.17, 15) is 0 Å². The molecule has 1 aliphatic rings. The number of methoxy groups -OCH3 is 3. The molecule has 0 heterocycles. The molecule has 1 aliphatic carbocycles. The topological polar surface area (TPSA) is 27.7 Å². The summed E-state index contributed by atoms with van der Waals surface area (Å²) in [6.07, 6.45) is 3.66. The van der Waals surface area contributed by atoms with Crippen molar-refractivity contribution in [3.8, 4) is 17.2 Å². The zero-order valence-electron chi connectivity index (χ0n) is 13.5. The van der Waals surface area contributed by atoms with Crippen LogP contribution in [0.15, 0.2) is 12.1 Å². The SMILES string of the molecule is COc1cc(OC)c([C@@]2(C)CCCC2(C)C)cc1OC. The summed E-state index contributed by atoms with van der Waals surface area (Å²) in [6.45, 7) is 7.02. The summed E-state index contributed by atoms with van der Waals surface area (Å²) in [5.41, 5.74) is 1.57. The highest BCUT2D eigenvalue weighted by atomic mass is 16.5. The highest BCUT2D eigenvalue weighted by molar-refractivity contribution is 5.54. The van der Waals surface area contributed by atoms with Gasteiger partial charge in [0.05, 0.1) is 21.3 Å². The predicted octanol–water partition coefficient (Wildman–Crippen LogP) is 4.18. The molecule has 1 aromatic carbocycles. The molecule has 0 aliphatic heterocycles. The largest absolute Gasteiger partial charge is 0.496 e. The Labute approximate surface area is 122 Å². The van der Waals surface area contributed by atoms with E-state index in [1.54, 1.807) is 21.3 Å². The minimum Gasteiger partial charge on any atom is -0.496 e. The molecule has 1 aromatic rings. The molecule has 20 heavy (non-hydrogen) atoms. The molecule has 0 bridgehead atoms. The molecule has 2 rings (SSSR count). The van der Waals surface area contributed by atoms with E-state index in [1.165, 1.54) is 24.8 Å². The first kappa shape index (κ1) is 15.0. The molecular weight excluding hydrogens is 252 g/mol. The first-order valence-corrected chi connectivity index (χ1v) is 7.20. The zero-order chi connectivity index (χ0) is 15.0. The van der Waals surface area contributed by atoms with Gasteiger partial charge in [0.2, 0.25) is 0 Å². The Balaban J connectivity index is 2.61. The normalized spacial score (nSPS) is 24.5. The number of hydrogen-bond acceptors (Lipinski definition) is 3. The van der Waals surface area contributed by atoms with Gasteiger partial charge in [-0.15, -0.1) is 0 Å². The fraction of sp³-hybridized carbons (Fsp3) is 0.647. The van der Waals surface area contributed by atoms with E-state index in [1.807, 2.05) is 6.07 Å². The van der Waals surface area contributed by atoms with Crippen LogP contribution in [-0.4, -0.2) is 21.3 Å². The van der Waals surface area contributed by atoms with Crippen LogP contribution in [0.4, 0.5) is 0 Å². The average Bonchev–Trinajstić information content (AvgIpc) is 2.71. The van der Waals surface area contributed by atoms with Crippen molar-refractivity contribution in [2.75, 3.05) is 21.3 Å². The molecule has 112 valence electrons. The number of benzene rings is 1. The fourth-order valence-electron chi connectivity index (χ4n) is 3.46. The second-order valence-corrected chi connectivity index (χ2v) is 6.48. The molecule has 3 nitrogen and oxygen atoms in total. The van der Waals surface area contributed by atoms with Crippen LogP contribution < -0.4 is 14.2 Å². The number of rotatable bonds is 4. The smallest absolute Gasteiger partial charge is 0.164 e. The lowest BCUT2D eigenvalue weighted by Gasteiger charge is -2.40. The second-order valence-electron chi connectivity index (χ2n) is 6.48. The third-order valence-corrected chi connectivity index (χ3v) is 5.27. The lowest BCUT2D eigenvalue weighted by Crippen LogP contribution is -2.34. The van der Waals surface area contributed by atoms with Crippen LogP contribution in [0.5, 0.6) is 17.2 Å². The monoisotopic (exact) mass is 278 g/mol. The van der Waals surface area contributed by atoms with Crippen LogP contribution in [0, 0.1) is 5.41 Å². The third kappa shape index (κ3) is 2.13. The summed E-state index contributed by atoms with van der Waals surface area (Å²) < 4.78 is 16.5. The van der Waals surface area contributed by atoms with Crippen LogP contribution >= 0.6 is 0 Å². The molecule has 0 N–H and O–H groups in total. The molecule has 1 atom stereocenters. The van der Waals surface area contributed by atoms with Gasteiger partial charge < -0.3 is 14.2 Å². The van der Waals surface area contributed by atoms with Crippen LogP contribution in [0.1, 0.15) is 45.6 Å². The van der Waals surface area contributed by atoms with E-state index in [0.29, 0.717) is 5.75 Å². The lowest BCUT2D eigenvalue weighted by atomic mass is 9.65. The molecule has 1 fully saturated rings. The Morgan fingerprint density at radius 2 is 1.35 bits per heavy atom. The molecule has 0 spiro atoms. The Kier molecular flexibility index (Phi) is 3.90. The maximum atomic E-state index is 5.62. The minimum atomic E-state index is 0.0951. The molecule has 0 unspecified atom stereocenters. The molecule has 0 aromatic heterocycles. The Morgan fingerprint density at radius 3 is 1.80 bits per heavy atom. The van der Waals surface area contributed by atoms with Gasteiger partial charge in [-0.1, -0.05) is 27.2 Å². The van der Waals surface area contributed by atoms with Crippen molar-refractivity contribution in [2.45, 2.75) is 45.4 Å². The lowest BCUT2D eigenvalue weighted by molar-refractivity contribution is 0.217. The van der Waals surface area contributed by atoms with Crippen molar-refractivity contribution in [3.63, 3.8) is 0 Å². The first-order chi connectivity index (χ1) is 9.39. The fourth-order valence-corrected chi connectivity index (χ4v) is 3.46. The van der Waals surface area contributed by atoms with Gasteiger partial charge in [0, 0.05) is 17.0 Å². The molecule has 1 saturated carbocycles. The van der Waals surface area contributed by atoms with E-state index in [4.69, 9.17) is 14.2 Å². The third-order valence-electron chi connectivity index (χ3n) is 5.27. The van der Waals surface area contributed by atoms with Crippen molar-refractivity contribution in [1.82, 2.24) is 0 Å². The van der Waals surface area contributed by atoms with Gasteiger partial charge in [-0.3, -0.25) is 0 Å². The van der Waals surface area contributed by atoms with Gasteiger partial charge in [0.25, 0.3) is 0 Å². The highest BCUT2D eigenvalue weighted by Crippen LogP contribution is 2.57. The van der Waals surface area contributed by atoms with Crippen LogP contribution in [0.25, 0.3) is 0 Å². The van der Waals surface area contributed by atoms with Crippen molar-refractivity contribution in [1.29, 1.82) is 0 Å². The van der Waals surface area contributed by atoms with Crippen molar-refractivity contribution in [2.24, 2.45) is 5.41 Å².